The zero-order valence-corrected chi connectivity index (χ0v) is 18.7. The van der Waals surface area contributed by atoms with E-state index in [1.54, 1.807) is 29.1 Å². The van der Waals surface area contributed by atoms with Crippen LogP contribution in [0.1, 0.15) is 0 Å². The lowest BCUT2D eigenvalue weighted by Gasteiger charge is -2.21. The molecule has 0 aliphatic rings. The molecular formula is C18H27ClN8S2. The third-order valence-electron chi connectivity index (χ3n) is 3.97. The van der Waals surface area contributed by atoms with Crippen LogP contribution in [0, 0.1) is 0 Å². The van der Waals surface area contributed by atoms with Gasteiger partial charge in [-0.1, -0.05) is 11.6 Å². The van der Waals surface area contributed by atoms with E-state index in [0.717, 1.165) is 31.9 Å². The van der Waals surface area contributed by atoms with Crippen molar-refractivity contribution in [2.45, 2.75) is 0 Å². The molecule has 0 amide bonds. The second-order valence-electron chi connectivity index (χ2n) is 6.20. The Labute approximate surface area is 187 Å². The van der Waals surface area contributed by atoms with Crippen molar-refractivity contribution in [2.24, 2.45) is 5.73 Å². The summed E-state index contributed by atoms with van der Waals surface area (Å²) in [6.07, 6.45) is 1.76. The van der Waals surface area contributed by atoms with Gasteiger partial charge in [0.2, 0.25) is 0 Å². The quantitative estimate of drug-likeness (QED) is 0.342. The number of nitrogens with zero attached hydrogens (tertiary/aromatic N) is 3. The summed E-state index contributed by atoms with van der Waals surface area (Å²) >= 11 is 16.6. The molecule has 0 bridgehead atoms. The molecule has 0 aliphatic heterocycles. The molecule has 0 fully saturated rings. The molecule has 1 aromatic heterocycles. The summed E-state index contributed by atoms with van der Waals surface area (Å²) in [4.78, 5) is 2.28. The van der Waals surface area contributed by atoms with E-state index in [0.29, 0.717) is 34.2 Å². The van der Waals surface area contributed by atoms with Gasteiger partial charge < -0.3 is 27.0 Å². The van der Waals surface area contributed by atoms with E-state index in [1.165, 1.54) is 0 Å². The number of aromatic nitrogens is 2. The number of thiocarbonyl (C=S) groups is 2. The lowest BCUT2D eigenvalue weighted by Crippen LogP contribution is -2.41. The zero-order valence-electron chi connectivity index (χ0n) is 16.3. The van der Waals surface area contributed by atoms with E-state index in [4.69, 9.17) is 41.8 Å². The maximum absolute atomic E-state index is 5.89. The van der Waals surface area contributed by atoms with Crippen LogP contribution >= 0.6 is 36.0 Å². The smallest absolute Gasteiger partial charge is 0.198 e. The molecule has 0 spiro atoms. The Morgan fingerprint density at radius 1 is 1.10 bits per heavy atom. The second kappa shape index (κ2) is 12.7. The molecule has 158 valence electrons. The van der Waals surface area contributed by atoms with E-state index >= 15 is 0 Å². The maximum Gasteiger partial charge on any atom is 0.198 e. The number of benzene rings is 1. The molecule has 2 aromatic rings. The zero-order chi connectivity index (χ0) is 21.1. The summed E-state index contributed by atoms with van der Waals surface area (Å²) in [5, 5.41) is 18.5. The predicted octanol–water partition coefficient (Wildman–Crippen LogP) is 1.55. The first-order chi connectivity index (χ1) is 14.0. The number of nitrogens with one attached hydrogen (secondary N) is 4. The lowest BCUT2D eigenvalue weighted by atomic mass is 10.3. The SMILES string of the molecule is CNCCN(CCN)CCNC(=S)Nc1ccn(C(=S)Nc2ccc(Cl)cc2)n1. The summed E-state index contributed by atoms with van der Waals surface area (Å²) < 4.78 is 1.57. The monoisotopic (exact) mass is 454 g/mol. The largest absolute Gasteiger partial charge is 0.361 e. The molecule has 0 atom stereocenters. The maximum atomic E-state index is 5.89. The summed E-state index contributed by atoms with van der Waals surface area (Å²) in [7, 11) is 1.94. The van der Waals surface area contributed by atoms with Gasteiger partial charge in [-0.05, 0) is 55.7 Å². The van der Waals surface area contributed by atoms with Gasteiger partial charge in [0.25, 0.3) is 0 Å². The highest BCUT2D eigenvalue weighted by atomic mass is 35.5. The highest BCUT2D eigenvalue weighted by Gasteiger charge is 2.07. The summed E-state index contributed by atoms with van der Waals surface area (Å²) in [5.74, 6) is 0.608. The Morgan fingerprint density at radius 3 is 2.52 bits per heavy atom. The van der Waals surface area contributed by atoms with E-state index in [1.807, 2.05) is 19.2 Å². The minimum Gasteiger partial charge on any atom is -0.361 e. The normalized spacial score (nSPS) is 10.8. The molecule has 1 heterocycles. The minimum atomic E-state index is 0.446. The minimum absolute atomic E-state index is 0.446. The topological polar surface area (TPSA) is 95.2 Å². The Morgan fingerprint density at radius 2 is 1.83 bits per heavy atom. The van der Waals surface area contributed by atoms with E-state index in [9.17, 15) is 0 Å². The third kappa shape index (κ3) is 8.60. The average molecular weight is 455 g/mol. The predicted molar refractivity (Wildman–Crippen MR) is 129 cm³/mol. The van der Waals surface area contributed by atoms with Gasteiger partial charge >= 0.3 is 0 Å². The standard InChI is InChI=1S/C18H27ClN8S2/c1-21-8-12-26(11-7-20)13-9-22-17(28)24-16-6-10-27(25-16)18(29)23-15-4-2-14(19)3-5-15/h2-6,10,21H,7-9,11-13,20H2,1H3,(H,23,29)(H2,22,24,25,28). The first-order valence-electron chi connectivity index (χ1n) is 9.26. The van der Waals surface area contributed by atoms with Crippen molar-refractivity contribution >= 4 is 57.8 Å². The van der Waals surface area contributed by atoms with Crippen LogP contribution in [0.15, 0.2) is 36.5 Å². The van der Waals surface area contributed by atoms with Gasteiger partial charge in [-0.15, -0.1) is 5.10 Å². The highest BCUT2D eigenvalue weighted by molar-refractivity contribution is 7.80. The summed E-state index contributed by atoms with van der Waals surface area (Å²) in [5.41, 5.74) is 6.50. The van der Waals surface area contributed by atoms with Gasteiger partial charge in [0, 0.05) is 62.2 Å². The van der Waals surface area contributed by atoms with Gasteiger partial charge in [0.1, 0.15) is 0 Å². The molecule has 0 saturated heterocycles. The number of likely N-dealkylation sites (N-methyl/N-ethyl adjacent to an activating group) is 1. The second-order valence-corrected chi connectivity index (χ2v) is 7.43. The fourth-order valence-electron chi connectivity index (χ4n) is 2.49. The lowest BCUT2D eigenvalue weighted by molar-refractivity contribution is 0.287. The molecule has 0 saturated carbocycles. The summed E-state index contributed by atoms with van der Waals surface area (Å²) in [6, 6.07) is 9.08. The molecule has 1 aromatic carbocycles. The van der Waals surface area contributed by atoms with E-state index in [2.05, 4.69) is 31.3 Å². The van der Waals surface area contributed by atoms with E-state index in [-0.39, 0.29) is 0 Å². The van der Waals surface area contributed by atoms with Gasteiger partial charge in [-0.25, -0.2) is 4.68 Å². The van der Waals surface area contributed by atoms with Crippen molar-refractivity contribution in [3.05, 3.63) is 41.6 Å². The van der Waals surface area contributed by atoms with Crippen LogP contribution in [0.3, 0.4) is 0 Å². The van der Waals surface area contributed by atoms with Crippen molar-refractivity contribution < 1.29 is 0 Å². The van der Waals surface area contributed by atoms with Crippen molar-refractivity contribution in [1.29, 1.82) is 0 Å². The Hall–Kier alpha value is -1.82. The molecule has 0 unspecified atom stereocenters. The molecule has 0 aliphatic carbocycles. The van der Waals surface area contributed by atoms with Crippen LogP contribution in [0.2, 0.25) is 5.02 Å². The number of hydrogen-bond acceptors (Lipinski definition) is 6. The van der Waals surface area contributed by atoms with Gasteiger partial charge in [-0.3, -0.25) is 4.90 Å². The third-order valence-corrected chi connectivity index (χ3v) is 4.76. The van der Waals surface area contributed by atoms with Crippen molar-refractivity contribution in [2.75, 3.05) is 56.9 Å². The van der Waals surface area contributed by atoms with Crippen LogP contribution in [0.5, 0.6) is 0 Å². The van der Waals surface area contributed by atoms with E-state index < -0.39 is 0 Å². The molecule has 6 N–H and O–H groups in total. The first kappa shape index (κ1) is 23.5. The number of hydrogen-bond donors (Lipinski definition) is 5. The Kier molecular flexibility index (Phi) is 10.3. The van der Waals surface area contributed by atoms with Crippen molar-refractivity contribution in [3.63, 3.8) is 0 Å². The van der Waals surface area contributed by atoms with Crippen molar-refractivity contribution in [1.82, 2.24) is 25.3 Å². The van der Waals surface area contributed by atoms with Crippen LogP contribution < -0.4 is 27.0 Å². The number of rotatable bonds is 10. The van der Waals surface area contributed by atoms with Crippen LogP contribution in [-0.2, 0) is 0 Å². The Balaban J connectivity index is 1.77. The Bertz CT molecular complexity index is 780. The number of anilines is 2. The molecule has 0 radical (unpaired) electrons. The van der Waals surface area contributed by atoms with Gasteiger partial charge in [-0.2, -0.15) is 0 Å². The first-order valence-corrected chi connectivity index (χ1v) is 10.5. The molecule has 2 rings (SSSR count). The van der Waals surface area contributed by atoms with Gasteiger partial charge in [0.15, 0.2) is 16.0 Å². The fraction of sp³-hybridized carbons (Fsp3) is 0.389. The highest BCUT2D eigenvalue weighted by Crippen LogP contribution is 2.14. The van der Waals surface area contributed by atoms with Crippen LogP contribution in [-0.4, -0.2) is 71.2 Å². The molecule has 8 nitrogen and oxygen atoms in total. The fourth-order valence-corrected chi connectivity index (χ4v) is 3.05. The van der Waals surface area contributed by atoms with Crippen molar-refractivity contribution in [3.8, 4) is 0 Å². The summed E-state index contributed by atoms with van der Waals surface area (Å²) in [6.45, 7) is 4.92. The van der Waals surface area contributed by atoms with Crippen LogP contribution in [0.4, 0.5) is 11.5 Å². The number of nitrogens with two attached hydrogens (primary N) is 1. The van der Waals surface area contributed by atoms with Gasteiger partial charge in [0.05, 0.1) is 0 Å². The van der Waals surface area contributed by atoms with Crippen LogP contribution in [0.25, 0.3) is 0 Å². The average Bonchev–Trinajstić information content (AvgIpc) is 3.16. The molecular weight excluding hydrogens is 428 g/mol. The molecule has 29 heavy (non-hydrogen) atoms. The number of halogens is 1. The molecule has 11 heteroatoms.